The van der Waals surface area contributed by atoms with Gasteiger partial charge in [-0.15, -0.1) is 11.3 Å². The molecule has 2 heterocycles. The summed E-state index contributed by atoms with van der Waals surface area (Å²) in [6.45, 7) is 4.27. The number of anilines is 2. The summed E-state index contributed by atoms with van der Waals surface area (Å²) in [5, 5.41) is 5.56. The Morgan fingerprint density at radius 1 is 1.30 bits per heavy atom. The van der Waals surface area contributed by atoms with Crippen LogP contribution in [0.2, 0.25) is 0 Å². The minimum atomic E-state index is 0.269. The summed E-state index contributed by atoms with van der Waals surface area (Å²) in [4.78, 5) is 10.2. The molecule has 5 nitrogen and oxygen atoms in total. The summed E-state index contributed by atoms with van der Waals surface area (Å²) in [6, 6.07) is 6.32. The fourth-order valence-electron chi connectivity index (χ4n) is 2.02. The lowest BCUT2D eigenvalue weighted by atomic mass is 10.2. The van der Waals surface area contributed by atoms with Crippen molar-refractivity contribution in [3.05, 3.63) is 34.3 Å². The maximum atomic E-state index is 5.48. The Morgan fingerprint density at radius 3 is 2.70 bits per heavy atom. The first-order valence-corrected chi connectivity index (χ1v) is 7.79. The summed E-state index contributed by atoms with van der Waals surface area (Å²) in [5.41, 5.74) is 2.60. The van der Waals surface area contributed by atoms with Crippen LogP contribution >= 0.6 is 11.3 Å². The summed E-state index contributed by atoms with van der Waals surface area (Å²) in [5.74, 6) is 7.75. The van der Waals surface area contributed by atoms with Crippen molar-refractivity contribution in [2.75, 3.05) is 10.7 Å². The van der Waals surface area contributed by atoms with Crippen LogP contribution in [0.25, 0.3) is 0 Å². The van der Waals surface area contributed by atoms with Crippen LogP contribution < -0.4 is 16.6 Å². The van der Waals surface area contributed by atoms with E-state index in [0.717, 1.165) is 30.9 Å². The van der Waals surface area contributed by atoms with Gasteiger partial charge in [0.2, 0.25) is 0 Å². The third kappa shape index (κ3) is 3.68. The molecule has 0 fully saturated rings. The summed E-state index contributed by atoms with van der Waals surface area (Å²) < 4.78 is 0. The second-order valence-corrected chi connectivity index (χ2v) is 5.55. The van der Waals surface area contributed by atoms with Crippen molar-refractivity contribution < 1.29 is 0 Å². The third-order valence-corrected chi connectivity index (χ3v) is 4.00. The van der Waals surface area contributed by atoms with Gasteiger partial charge in [-0.25, -0.2) is 15.8 Å². The average molecular weight is 291 g/mol. The number of nitrogens with one attached hydrogen (secondary N) is 2. The highest BCUT2D eigenvalue weighted by molar-refractivity contribution is 7.10. The lowest BCUT2D eigenvalue weighted by molar-refractivity contribution is 0.752. The van der Waals surface area contributed by atoms with E-state index < -0.39 is 0 Å². The molecule has 0 radical (unpaired) electrons. The van der Waals surface area contributed by atoms with E-state index in [1.54, 1.807) is 11.3 Å². The van der Waals surface area contributed by atoms with Crippen LogP contribution in [0, 0.1) is 0 Å². The molecule has 0 aliphatic rings. The van der Waals surface area contributed by atoms with Crippen molar-refractivity contribution in [2.24, 2.45) is 5.84 Å². The molecule has 4 N–H and O–H groups in total. The number of hydrogen-bond donors (Lipinski definition) is 3. The lowest BCUT2D eigenvalue weighted by Crippen LogP contribution is -2.14. The summed E-state index contributed by atoms with van der Waals surface area (Å²) >= 11 is 1.75. The van der Waals surface area contributed by atoms with Crippen molar-refractivity contribution in [2.45, 2.75) is 39.2 Å². The van der Waals surface area contributed by atoms with Crippen LogP contribution in [0.5, 0.6) is 0 Å². The van der Waals surface area contributed by atoms with Crippen molar-refractivity contribution in [1.29, 1.82) is 0 Å². The first-order chi connectivity index (χ1) is 9.76. The molecule has 0 saturated carbocycles. The molecule has 0 saturated heterocycles. The van der Waals surface area contributed by atoms with E-state index in [-0.39, 0.29) is 6.04 Å². The smallest absolute Gasteiger partial charge is 0.145 e. The Balaban J connectivity index is 2.20. The van der Waals surface area contributed by atoms with Crippen molar-refractivity contribution in [3.8, 4) is 0 Å². The van der Waals surface area contributed by atoms with E-state index in [1.807, 2.05) is 6.07 Å². The van der Waals surface area contributed by atoms with Gasteiger partial charge in [-0.2, -0.15) is 0 Å². The highest BCUT2D eigenvalue weighted by Crippen LogP contribution is 2.26. The predicted molar refractivity (Wildman–Crippen MR) is 84.8 cm³/mol. The van der Waals surface area contributed by atoms with Crippen LogP contribution in [0.15, 0.2) is 23.6 Å². The van der Waals surface area contributed by atoms with Crippen LogP contribution in [0.4, 0.5) is 11.6 Å². The Bertz CT molecular complexity index is 526. The van der Waals surface area contributed by atoms with E-state index in [2.05, 4.69) is 52.1 Å². The van der Waals surface area contributed by atoms with Gasteiger partial charge in [-0.05, 0) is 24.3 Å². The quantitative estimate of drug-likeness (QED) is 0.539. The Kier molecular flexibility index (Phi) is 5.31. The number of nitrogens with two attached hydrogens (primary N) is 1. The molecule has 6 heteroatoms. The largest absolute Gasteiger partial charge is 0.362 e. The van der Waals surface area contributed by atoms with Gasteiger partial charge in [0.05, 0.1) is 6.04 Å². The van der Waals surface area contributed by atoms with Crippen LogP contribution in [-0.4, -0.2) is 9.97 Å². The minimum Gasteiger partial charge on any atom is -0.362 e. The number of nitrogen functional groups attached to an aromatic ring is 1. The molecule has 2 aromatic heterocycles. The number of aromatic nitrogens is 2. The average Bonchev–Trinajstić information content (AvgIpc) is 2.99. The topological polar surface area (TPSA) is 75.9 Å². The second-order valence-electron chi connectivity index (χ2n) is 4.57. The van der Waals surface area contributed by atoms with E-state index in [1.165, 1.54) is 4.88 Å². The van der Waals surface area contributed by atoms with Crippen LogP contribution in [0.1, 0.15) is 43.4 Å². The molecule has 0 aliphatic heterocycles. The van der Waals surface area contributed by atoms with Gasteiger partial charge in [-0.1, -0.05) is 19.9 Å². The first kappa shape index (κ1) is 14.7. The number of hydrazine groups is 1. The summed E-state index contributed by atoms with van der Waals surface area (Å²) in [7, 11) is 0. The van der Waals surface area contributed by atoms with E-state index >= 15 is 0 Å². The van der Waals surface area contributed by atoms with Crippen LogP contribution in [0.3, 0.4) is 0 Å². The molecule has 0 aromatic carbocycles. The molecule has 108 valence electrons. The molecule has 0 spiro atoms. The fourth-order valence-corrected chi connectivity index (χ4v) is 2.88. The number of rotatable bonds is 7. The molecule has 0 aliphatic carbocycles. The van der Waals surface area contributed by atoms with Gasteiger partial charge in [0.15, 0.2) is 0 Å². The standard InChI is InChI=1S/C14H21N5S/c1-3-6-12-17-13(9-14(18-12)19-15)16-10(4-2)11-7-5-8-20-11/h5,7-10H,3-4,6,15H2,1-2H3,(H2,16,17,18,19). The Labute approximate surface area is 123 Å². The van der Waals surface area contributed by atoms with Crippen molar-refractivity contribution in [1.82, 2.24) is 9.97 Å². The Hall–Kier alpha value is -1.66. The zero-order valence-electron chi connectivity index (χ0n) is 11.9. The molecular formula is C14H21N5S. The lowest BCUT2D eigenvalue weighted by Gasteiger charge is -2.17. The third-order valence-electron chi connectivity index (χ3n) is 3.01. The maximum Gasteiger partial charge on any atom is 0.145 e. The molecule has 1 unspecified atom stereocenters. The zero-order valence-corrected chi connectivity index (χ0v) is 12.7. The van der Waals surface area contributed by atoms with Gasteiger partial charge < -0.3 is 10.7 Å². The molecule has 0 bridgehead atoms. The van der Waals surface area contributed by atoms with Gasteiger partial charge >= 0.3 is 0 Å². The highest BCUT2D eigenvalue weighted by Gasteiger charge is 2.12. The normalized spacial score (nSPS) is 12.2. The molecule has 2 aromatic rings. The molecule has 0 amide bonds. The Morgan fingerprint density at radius 2 is 2.10 bits per heavy atom. The van der Waals surface area contributed by atoms with Crippen molar-refractivity contribution >= 4 is 23.0 Å². The first-order valence-electron chi connectivity index (χ1n) is 6.91. The monoisotopic (exact) mass is 291 g/mol. The van der Waals surface area contributed by atoms with Gasteiger partial charge in [-0.3, -0.25) is 0 Å². The molecule has 2 rings (SSSR count). The molecule has 20 heavy (non-hydrogen) atoms. The maximum absolute atomic E-state index is 5.48. The fraction of sp³-hybridized carbons (Fsp3) is 0.429. The van der Waals surface area contributed by atoms with E-state index in [4.69, 9.17) is 5.84 Å². The second kappa shape index (κ2) is 7.21. The minimum absolute atomic E-state index is 0.269. The van der Waals surface area contributed by atoms with Crippen molar-refractivity contribution in [3.63, 3.8) is 0 Å². The number of thiophene rings is 1. The molecular weight excluding hydrogens is 270 g/mol. The van der Waals surface area contributed by atoms with Gasteiger partial charge in [0.25, 0.3) is 0 Å². The van der Waals surface area contributed by atoms with E-state index in [0.29, 0.717) is 5.82 Å². The summed E-state index contributed by atoms with van der Waals surface area (Å²) in [6.07, 6.45) is 2.86. The number of aryl methyl sites for hydroxylation is 1. The number of hydrogen-bond acceptors (Lipinski definition) is 6. The number of nitrogens with zero attached hydrogens (tertiary/aromatic N) is 2. The molecule has 1 atom stereocenters. The van der Waals surface area contributed by atoms with Crippen LogP contribution in [-0.2, 0) is 6.42 Å². The highest BCUT2D eigenvalue weighted by atomic mass is 32.1. The van der Waals surface area contributed by atoms with E-state index in [9.17, 15) is 0 Å². The van der Waals surface area contributed by atoms with Gasteiger partial charge in [0.1, 0.15) is 17.5 Å². The van der Waals surface area contributed by atoms with Gasteiger partial charge in [0, 0.05) is 17.4 Å². The predicted octanol–water partition coefficient (Wildman–Crippen LogP) is 3.34. The zero-order chi connectivity index (χ0) is 14.4. The SMILES string of the molecule is CCCc1nc(NN)cc(NC(CC)c2cccs2)n1.